The van der Waals surface area contributed by atoms with Gasteiger partial charge in [-0.25, -0.2) is 4.79 Å². The molecule has 0 saturated heterocycles. The minimum absolute atomic E-state index is 0.0527. The van der Waals surface area contributed by atoms with Crippen LogP contribution >= 0.6 is 27.7 Å². The molecule has 0 bridgehead atoms. The third kappa shape index (κ3) is 2.70. The molecule has 2 heterocycles. The normalized spacial score (nSPS) is 10.6. The van der Waals surface area contributed by atoms with Crippen molar-refractivity contribution in [3.05, 3.63) is 40.5 Å². The zero-order chi connectivity index (χ0) is 11.5. The highest BCUT2D eigenvalue weighted by Crippen LogP contribution is 2.26. The second-order valence-corrected chi connectivity index (χ2v) is 4.68. The van der Waals surface area contributed by atoms with Crippen molar-refractivity contribution in [1.29, 1.82) is 0 Å². The van der Waals surface area contributed by atoms with E-state index in [0.29, 0.717) is 15.5 Å². The molecule has 0 aliphatic heterocycles. The lowest BCUT2D eigenvalue weighted by Gasteiger charge is -1.93. The molecule has 0 spiro atoms. The van der Waals surface area contributed by atoms with Gasteiger partial charge in [0.05, 0.1) is 5.75 Å². The zero-order valence-corrected chi connectivity index (χ0v) is 10.4. The van der Waals surface area contributed by atoms with E-state index >= 15 is 0 Å². The van der Waals surface area contributed by atoms with Crippen LogP contribution in [0.1, 0.15) is 16.3 Å². The van der Waals surface area contributed by atoms with Crippen molar-refractivity contribution in [3.63, 3.8) is 0 Å². The van der Waals surface area contributed by atoms with Crippen molar-refractivity contribution in [2.45, 2.75) is 10.8 Å². The summed E-state index contributed by atoms with van der Waals surface area (Å²) in [4.78, 5) is 10.6. The molecular weight excluding hydrogens is 296 g/mol. The van der Waals surface area contributed by atoms with Crippen molar-refractivity contribution in [2.75, 3.05) is 0 Å². The minimum Gasteiger partial charge on any atom is -0.475 e. The lowest BCUT2D eigenvalue weighted by atomic mass is 10.5. The standard InChI is InChI=1S/C10H7BrO4S/c11-8-3-1-6(14-8)5-16-9-4-2-7(15-9)10(12)13/h1-4H,5H2,(H,12,13). The molecule has 0 aliphatic rings. The number of carboxylic acid groups (broad SMARTS) is 1. The van der Waals surface area contributed by atoms with Crippen LogP contribution in [0.15, 0.2) is 42.9 Å². The number of rotatable bonds is 4. The van der Waals surface area contributed by atoms with Crippen LogP contribution in [0.25, 0.3) is 0 Å². The number of thioether (sulfide) groups is 1. The molecule has 84 valence electrons. The van der Waals surface area contributed by atoms with Crippen LogP contribution in [0.4, 0.5) is 0 Å². The molecule has 0 aliphatic carbocycles. The van der Waals surface area contributed by atoms with E-state index in [-0.39, 0.29) is 5.76 Å². The fourth-order valence-electron chi connectivity index (χ4n) is 1.08. The molecule has 6 heteroatoms. The van der Waals surface area contributed by atoms with E-state index in [9.17, 15) is 4.79 Å². The summed E-state index contributed by atoms with van der Waals surface area (Å²) in [6.07, 6.45) is 0. The summed E-state index contributed by atoms with van der Waals surface area (Å²) in [7, 11) is 0. The molecular formula is C10H7BrO4S. The number of hydrogen-bond donors (Lipinski definition) is 1. The summed E-state index contributed by atoms with van der Waals surface area (Å²) in [5.74, 6) is 0.277. The van der Waals surface area contributed by atoms with Crippen LogP contribution in [0, 0.1) is 0 Å². The van der Waals surface area contributed by atoms with Crippen LogP contribution < -0.4 is 0 Å². The summed E-state index contributed by atoms with van der Waals surface area (Å²) in [5, 5.41) is 9.22. The third-order valence-corrected chi connectivity index (χ3v) is 3.14. The topological polar surface area (TPSA) is 63.6 Å². The summed E-state index contributed by atoms with van der Waals surface area (Å²) in [6, 6.07) is 6.72. The van der Waals surface area contributed by atoms with Crippen LogP contribution in [0.2, 0.25) is 0 Å². The zero-order valence-electron chi connectivity index (χ0n) is 7.97. The Kier molecular flexibility index (Phi) is 3.40. The first kappa shape index (κ1) is 11.3. The molecule has 0 fully saturated rings. The Morgan fingerprint density at radius 2 is 2.12 bits per heavy atom. The van der Waals surface area contributed by atoms with Gasteiger partial charge >= 0.3 is 5.97 Å². The van der Waals surface area contributed by atoms with Gasteiger partial charge in [0.1, 0.15) is 5.76 Å². The summed E-state index contributed by atoms with van der Waals surface area (Å²) in [6.45, 7) is 0. The van der Waals surface area contributed by atoms with E-state index in [0.717, 1.165) is 5.76 Å². The molecule has 0 unspecified atom stereocenters. The van der Waals surface area contributed by atoms with Gasteiger partial charge in [-0.05, 0) is 40.2 Å². The Balaban J connectivity index is 1.97. The van der Waals surface area contributed by atoms with Crippen LogP contribution in [0.5, 0.6) is 0 Å². The maximum atomic E-state index is 10.6. The SMILES string of the molecule is O=C(O)c1ccc(SCc2ccc(Br)o2)o1. The van der Waals surface area contributed by atoms with E-state index < -0.39 is 5.97 Å². The fourth-order valence-corrected chi connectivity index (χ4v) is 2.18. The molecule has 0 radical (unpaired) electrons. The Morgan fingerprint density at radius 1 is 1.31 bits per heavy atom. The molecule has 2 aromatic heterocycles. The number of halogens is 1. The van der Waals surface area contributed by atoms with Crippen LogP contribution in [-0.4, -0.2) is 11.1 Å². The van der Waals surface area contributed by atoms with Gasteiger partial charge in [-0.1, -0.05) is 11.8 Å². The van der Waals surface area contributed by atoms with Gasteiger partial charge in [0.15, 0.2) is 9.76 Å². The quantitative estimate of drug-likeness (QED) is 0.874. The first-order valence-electron chi connectivity index (χ1n) is 4.35. The number of aromatic carboxylic acids is 1. The van der Waals surface area contributed by atoms with E-state index in [1.807, 2.05) is 6.07 Å². The highest BCUT2D eigenvalue weighted by atomic mass is 79.9. The Hall–Kier alpha value is -1.14. The van der Waals surface area contributed by atoms with Gasteiger partial charge in [-0.3, -0.25) is 0 Å². The van der Waals surface area contributed by atoms with Gasteiger partial charge in [0.2, 0.25) is 5.76 Å². The van der Waals surface area contributed by atoms with E-state index in [4.69, 9.17) is 13.9 Å². The highest BCUT2D eigenvalue weighted by molar-refractivity contribution is 9.10. The second kappa shape index (κ2) is 4.80. The molecule has 0 aromatic carbocycles. The maximum Gasteiger partial charge on any atom is 0.371 e. The molecule has 16 heavy (non-hydrogen) atoms. The smallest absolute Gasteiger partial charge is 0.371 e. The predicted molar refractivity (Wildman–Crippen MR) is 61.6 cm³/mol. The van der Waals surface area contributed by atoms with E-state index in [1.165, 1.54) is 17.8 Å². The Morgan fingerprint density at radius 3 is 2.69 bits per heavy atom. The van der Waals surface area contributed by atoms with Crippen LogP contribution in [-0.2, 0) is 5.75 Å². The van der Waals surface area contributed by atoms with Gasteiger partial charge in [-0.15, -0.1) is 0 Å². The maximum absolute atomic E-state index is 10.6. The number of hydrogen-bond acceptors (Lipinski definition) is 4. The lowest BCUT2D eigenvalue weighted by Crippen LogP contribution is -1.91. The molecule has 0 saturated carbocycles. The van der Waals surface area contributed by atoms with Crippen LogP contribution in [0.3, 0.4) is 0 Å². The van der Waals surface area contributed by atoms with Gasteiger partial charge in [-0.2, -0.15) is 0 Å². The first-order chi connectivity index (χ1) is 7.65. The molecule has 4 nitrogen and oxygen atoms in total. The monoisotopic (exact) mass is 302 g/mol. The van der Waals surface area contributed by atoms with E-state index in [2.05, 4.69) is 15.9 Å². The summed E-state index contributed by atoms with van der Waals surface area (Å²) >= 11 is 4.58. The average molecular weight is 303 g/mol. The third-order valence-electron chi connectivity index (χ3n) is 1.78. The van der Waals surface area contributed by atoms with Crippen molar-refractivity contribution in [2.24, 2.45) is 0 Å². The first-order valence-corrected chi connectivity index (χ1v) is 6.13. The fraction of sp³-hybridized carbons (Fsp3) is 0.100. The van der Waals surface area contributed by atoms with Gasteiger partial charge < -0.3 is 13.9 Å². The average Bonchev–Trinajstić information content (AvgIpc) is 2.83. The lowest BCUT2D eigenvalue weighted by molar-refractivity contribution is 0.0656. The minimum atomic E-state index is -1.06. The second-order valence-electron chi connectivity index (χ2n) is 2.92. The molecule has 0 amide bonds. The molecule has 1 N–H and O–H groups in total. The van der Waals surface area contributed by atoms with Crippen molar-refractivity contribution in [1.82, 2.24) is 0 Å². The summed E-state index contributed by atoms with van der Waals surface area (Å²) in [5.41, 5.74) is 0. The van der Waals surface area contributed by atoms with Gasteiger partial charge in [0, 0.05) is 0 Å². The van der Waals surface area contributed by atoms with Crippen molar-refractivity contribution < 1.29 is 18.7 Å². The largest absolute Gasteiger partial charge is 0.475 e. The molecule has 0 atom stereocenters. The van der Waals surface area contributed by atoms with Crippen molar-refractivity contribution in [3.8, 4) is 0 Å². The Bertz CT molecular complexity index is 502. The van der Waals surface area contributed by atoms with Crippen molar-refractivity contribution >= 4 is 33.7 Å². The highest BCUT2D eigenvalue weighted by Gasteiger charge is 2.09. The number of carbonyl (C=O) groups is 1. The van der Waals surface area contributed by atoms with Gasteiger partial charge in [0.25, 0.3) is 0 Å². The molecule has 2 rings (SSSR count). The molecule has 2 aromatic rings. The number of carboxylic acids is 1. The number of furan rings is 2. The van der Waals surface area contributed by atoms with E-state index in [1.54, 1.807) is 12.1 Å². The summed E-state index contributed by atoms with van der Waals surface area (Å²) < 4.78 is 11.1. The Labute approximate surface area is 104 Å². The predicted octanol–water partition coefficient (Wildman–Crippen LogP) is 3.63.